The summed E-state index contributed by atoms with van der Waals surface area (Å²) in [7, 11) is 0. The third kappa shape index (κ3) is 3.17. The molecule has 1 atom stereocenters. The lowest BCUT2D eigenvalue weighted by Gasteiger charge is -2.06. The molecule has 0 aliphatic carbocycles. The van der Waals surface area contributed by atoms with Crippen LogP contribution >= 0.6 is 0 Å². The average molecular weight is 194 g/mol. The zero-order valence-corrected chi connectivity index (χ0v) is 8.39. The Morgan fingerprint density at radius 1 is 1.36 bits per heavy atom. The van der Waals surface area contributed by atoms with Gasteiger partial charge in [0.1, 0.15) is 5.92 Å². The van der Waals surface area contributed by atoms with Gasteiger partial charge in [0.25, 0.3) is 0 Å². The van der Waals surface area contributed by atoms with Gasteiger partial charge >= 0.3 is 5.97 Å². The second-order valence-corrected chi connectivity index (χ2v) is 3.40. The van der Waals surface area contributed by atoms with E-state index in [1.54, 1.807) is 0 Å². The monoisotopic (exact) mass is 194 g/mol. The minimum absolute atomic E-state index is 0.271. The summed E-state index contributed by atoms with van der Waals surface area (Å²) in [6, 6.07) is 5.74. The molecule has 3 nitrogen and oxygen atoms in total. The number of rotatable bonds is 5. The lowest BCUT2D eigenvalue weighted by atomic mass is 10.0. The molecule has 0 amide bonds. The Hall–Kier alpha value is -1.38. The van der Waals surface area contributed by atoms with Crippen LogP contribution in [0.1, 0.15) is 19.8 Å². The van der Waals surface area contributed by atoms with E-state index in [2.05, 4.69) is 0 Å². The molecule has 0 aromatic carbocycles. The minimum Gasteiger partial charge on any atom is -0.481 e. The second-order valence-electron chi connectivity index (χ2n) is 3.40. The molecule has 14 heavy (non-hydrogen) atoms. The van der Waals surface area contributed by atoms with Crippen LogP contribution in [0.4, 0.5) is 0 Å². The van der Waals surface area contributed by atoms with E-state index < -0.39 is 5.97 Å². The molecule has 1 aromatic heterocycles. The van der Waals surface area contributed by atoms with Gasteiger partial charge in [0, 0.05) is 12.1 Å². The molecule has 0 saturated heterocycles. The minimum atomic E-state index is -0.705. The van der Waals surface area contributed by atoms with Gasteiger partial charge in [-0.15, -0.1) is 0 Å². The van der Waals surface area contributed by atoms with Crippen LogP contribution in [-0.4, -0.2) is 11.1 Å². The Bertz CT molecular complexity index is 285. The first-order valence-corrected chi connectivity index (χ1v) is 4.91. The first kappa shape index (κ1) is 10.7. The van der Waals surface area contributed by atoms with Crippen molar-refractivity contribution in [3.8, 4) is 0 Å². The molecular weight excluding hydrogens is 178 g/mol. The van der Waals surface area contributed by atoms with E-state index in [0.717, 1.165) is 12.8 Å². The molecule has 1 N–H and O–H groups in total. The van der Waals surface area contributed by atoms with Crippen LogP contribution < -0.4 is 4.57 Å². The van der Waals surface area contributed by atoms with Crippen LogP contribution in [-0.2, 0) is 11.3 Å². The first-order valence-electron chi connectivity index (χ1n) is 4.91. The van der Waals surface area contributed by atoms with Crippen molar-refractivity contribution in [2.45, 2.75) is 26.3 Å². The van der Waals surface area contributed by atoms with Crippen molar-refractivity contribution in [3.05, 3.63) is 30.6 Å². The van der Waals surface area contributed by atoms with Crippen LogP contribution in [0.2, 0.25) is 0 Å². The summed E-state index contributed by atoms with van der Waals surface area (Å²) < 4.78 is 1.91. The van der Waals surface area contributed by atoms with Gasteiger partial charge in [-0.25, -0.2) is 4.57 Å². The lowest BCUT2D eigenvalue weighted by Crippen LogP contribution is -2.39. The molecule has 0 spiro atoms. The molecule has 76 valence electrons. The molecule has 0 radical (unpaired) electrons. The molecule has 1 rings (SSSR count). The molecule has 1 aromatic rings. The fourth-order valence-corrected chi connectivity index (χ4v) is 1.45. The lowest BCUT2D eigenvalue weighted by molar-refractivity contribution is -0.701. The topological polar surface area (TPSA) is 41.2 Å². The van der Waals surface area contributed by atoms with Crippen molar-refractivity contribution in [2.75, 3.05) is 0 Å². The maximum Gasteiger partial charge on any atom is 0.312 e. The van der Waals surface area contributed by atoms with E-state index in [4.69, 9.17) is 5.11 Å². The van der Waals surface area contributed by atoms with E-state index in [-0.39, 0.29) is 5.92 Å². The van der Waals surface area contributed by atoms with Crippen LogP contribution in [0.3, 0.4) is 0 Å². The Labute approximate surface area is 84.0 Å². The molecule has 0 bridgehead atoms. The van der Waals surface area contributed by atoms with Gasteiger partial charge in [0.2, 0.25) is 0 Å². The number of aromatic nitrogens is 1. The van der Waals surface area contributed by atoms with E-state index >= 15 is 0 Å². The molecule has 1 heterocycles. The summed E-state index contributed by atoms with van der Waals surface area (Å²) >= 11 is 0. The van der Waals surface area contributed by atoms with Gasteiger partial charge < -0.3 is 5.11 Å². The fourth-order valence-electron chi connectivity index (χ4n) is 1.45. The van der Waals surface area contributed by atoms with E-state index in [1.807, 2.05) is 42.1 Å². The Morgan fingerprint density at radius 2 is 2.00 bits per heavy atom. The molecule has 0 fully saturated rings. The van der Waals surface area contributed by atoms with Crippen molar-refractivity contribution < 1.29 is 14.5 Å². The average Bonchev–Trinajstić information content (AvgIpc) is 2.18. The summed E-state index contributed by atoms with van der Waals surface area (Å²) in [4.78, 5) is 10.9. The summed E-state index contributed by atoms with van der Waals surface area (Å²) in [5, 5.41) is 8.95. The predicted molar refractivity (Wildman–Crippen MR) is 52.7 cm³/mol. The third-order valence-corrected chi connectivity index (χ3v) is 2.19. The van der Waals surface area contributed by atoms with Crippen LogP contribution in [0.15, 0.2) is 30.6 Å². The van der Waals surface area contributed by atoms with Crippen molar-refractivity contribution in [3.63, 3.8) is 0 Å². The smallest absolute Gasteiger partial charge is 0.312 e. The summed E-state index contributed by atoms with van der Waals surface area (Å²) in [6.07, 6.45) is 5.43. The SMILES string of the molecule is CCCC(C[n+]1ccccc1)C(=O)O. The number of carbonyl (C=O) groups is 1. The summed E-state index contributed by atoms with van der Waals surface area (Å²) in [5.41, 5.74) is 0. The Morgan fingerprint density at radius 3 is 2.50 bits per heavy atom. The molecule has 0 saturated carbocycles. The molecular formula is C11H16NO2+. The van der Waals surface area contributed by atoms with Gasteiger partial charge in [-0.1, -0.05) is 19.4 Å². The second kappa shape index (κ2) is 5.37. The van der Waals surface area contributed by atoms with Gasteiger partial charge in [-0.3, -0.25) is 4.79 Å². The first-order chi connectivity index (χ1) is 6.74. The maximum atomic E-state index is 10.9. The molecule has 1 unspecified atom stereocenters. The van der Waals surface area contributed by atoms with Crippen molar-refractivity contribution in [1.29, 1.82) is 0 Å². The normalized spacial score (nSPS) is 12.4. The number of nitrogens with zero attached hydrogens (tertiary/aromatic N) is 1. The summed E-state index contributed by atoms with van der Waals surface area (Å²) in [6.45, 7) is 2.57. The number of carboxylic acid groups (broad SMARTS) is 1. The highest BCUT2D eigenvalue weighted by Gasteiger charge is 2.20. The Balaban J connectivity index is 2.60. The zero-order chi connectivity index (χ0) is 10.4. The van der Waals surface area contributed by atoms with Gasteiger partial charge in [0.05, 0.1) is 0 Å². The van der Waals surface area contributed by atoms with Crippen molar-refractivity contribution >= 4 is 5.97 Å². The maximum absolute atomic E-state index is 10.9. The summed E-state index contributed by atoms with van der Waals surface area (Å²) in [5.74, 6) is -0.976. The number of hydrogen-bond acceptors (Lipinski definition) is 1. The van der Waals surface area contributed by atoms with Crippen LogP contribution in [0, 0.1) is 5.92 Å². The van der Waals surface area contributed by atoms with Crippen molar-refractivity contribution in [1.82, 2.24) is 0 Å². The fraction of sp³-hybridized carbons (Fsp3) is 0.455. The number of carboxylic acids is 1. The molecule has 0 aliphatic heterocycles. The third-order valence-electron chi connectivity index (χ3n) is 2.19. The van der Waals surface area contributed by atoms with Gasteiger partial charge in [-0.2, -0.15) is 0 Å². The van der Waals surface area contributed by atoms with E-state index in [1.165, 1.54) is 0 Å². The zero-order valence-electron chi connectivity index (χ0n) is 8.39. The Kier molecular flexibility index (Phi) is 4.11. The molecule has 3 heteroatoms. The number of aliphatic carboxylic acids is 1. The number of pyridine rings is 1. The van der Waals surface area contributed by atoms with E-state index in [0.29, 0.717) is 6.54 Å². The van der Waals surface area contributed by atoms with E-state index in [9.17, 15) is 4.79 Å². The van der Waals surface area contributed by atoms with Crippen LogP contribution in [0.25, 0.3) is 0 Å². The highest BCUT2D eigenvalue weighted by atomic mass is 16.4. The largest absolute Gasteiger partial charge is 0.481 e. The quantitative estimate of drug-likeness (QED) is 0.721. The van der Waals surface area contributed by atoms with Crippen LogP contribution in [0.5, 0.6) is 0 Å². The predicted octanol–water partition coefficient (Wildman–Crippen LogP) is 1.48. The highest BCUT2D eigenvalue weighted by molar-refractivity contribution is 5.69. The van der Waals surface area contributed by atoms with Gasteiger partial charge in [0.15, 0.2) is 18.9 Å². The standard InChI is InChI=1S/C11H15NO2/c1-2-6-10(11(13)14)9-12-7-4-3-5-8-12/h3-5,7-8,10H,2,6,9H2,1H3/p+1. The van der Waals surface area contributed by atoms with Gasteiger partial charge in [-0.05, 0) is 6.42 Å². The highest BCUT2D eigenvalue weighted by Crippen LogP contribution is 2.06. The molecule has 0 aliphatic rings. The van der Waals surface area contributed by atoms with Crippen molar-refractivity contribution in [2.24, 2.45) is 5.92 Å². The number of hydrogen-bond donors (Lipinski definition) is 1.